The van der Waals surface area contributed by atoms with Gasteiger partial charge in [-0.15, -0.1) is 0 Å². The second kappa shape index (κ2) is 12.8. The SMILES string of the molecule is CCCCCc1ccc(C(=O)CCC(=O)OC(C)C(=O)N2CCN(c3ncccn3)CC2)cc1. The summed E-state index contributed by atoms with van der Waals surface area (Å²) in [7, 11) is 0. The van der Waals surface area contributed by atoms with Gasteiger partial charge in [-0.2, -0.15) is 0 Å². The zero-order valence-electron chi connectivity index (χ0n) is 20.1. The summed E-state index contributed by atoms with van der Waals surface area (Å²) in [5.41, 5.74) is 1.81. The smallest absolute Gasteiger partial charge is 0.307 e. The monoisotopic (exact) mass is 466 g/mol. The maximum Gasteiger partial charge on any atom is 0.307 e. The molecule has 1 atom stereocenters. The van der Waals surface area contributed by atoms with Gasteiger partial charge in [0.1, 0.15) is 0 Å². The van der Waals surface area contributed by atoms with E-state index in [4.69, 9.17) is 4.74 Å². The maximum atomic E-state index is 12.7. The lowest BCUT2D eigenvalue weighted by atomic mass is 10.0. The highest BCUT2D eigenvalue weighted by atomic mass is 16.5. The fourth-order valence-electron chi connectivity index (χ4n) is 3.94. The summed E-state index contributed by atoms with van der Waals surface area (Å²) < 4.78 is 5.32. The topological polar surface area (TPSA) is 92.7 Å². The Hall–Kier alpha value is -3.29. The van der Waals surface area contributed by atoms with Gasteiger partial charge in [0.15, 0.2) is 11.9 Å². The number of amides is 1. The number of rotatable bonds is 11. The lowest BCUT2D eigenvalue weighted by Crippen LogP contribution is -2.52. The summed E-state index contributed by atoms with van der Waals surface area (Å²) in [5, 5.41) is 0. The van der Waals surface area contributed by atoms with Crippen LogP contribution in [-0.2, 0) is 20.7 Å². The Morgan fingerprint density at radius 3 is 2.29 bits per heavy atom. The molecule has 34 heavy (non-hydrogen) atoms. The zero-order chi connectivity index (χ0) is 24.3. The number of nitrogens with zero attached hydrogens (tertiary/aromatic N) is 4. The number of ketones is 1. The minimum Gasteiger partial charge on any atom is -0.453 e. The number of carbonyl (C=O) groups is 3. The number of hydrogen-bond donors (Lipinski definition) is 0. The standard InChI is InChI=1S/C26H34N4O4/c1-3-4-5-7-21-8-10-22(11-9-21)23(31)12-13-24(32)34-20(2)25(33)29-16-18-30(19-17-29)26-27-14-6-15-28-26/h6,8-11,14-15,20H,3-5,7,12-13,16-19H2,1-2H3. The predicted octanol–water partition coefficient (Wildman–Crippen LogP) is 3.45. The van der Waals surface area contributed by atoms with E-state index in [0.717, 1.165) is 12.8 Å². The number of anilines is 1. The van der Waals surface area contributed by atoms with E-state index < -0.39 is 12.1 Å². The minimum atomic E-state index is -0.885. The van der Waals surface area contributed by atoms with Crippen LogP contribution in [0, 0.1) is 0 Å². The van der Waals surface area contributed by atoms with Gasteiger partial charge in [-0.3, -0.25) is 14.4 Å². The third-order valence-corrected chi connectivity index (χ3v) is 5.98. The highest BCUT2D eigenvalue weighted by Gasteiger charge is 2.28. The van der Waals surface area contributed by atoms with Gasteiger partial charge < -0.3 is 14.5 Å². The van der Waals surface area contributed by atoms with Crippen LogP contribution in [0.25, 0.3) is 0 Å². The molecule has 1 aliphatic heterocycles. The van der Waals surface area contributed by atoms with Gasteiger partial charge in [0.25, 0.3) is 5.91 Å². The molecule has 0 aliphatic carbocycles. The number of carbonyl (C=O) groups excluding carboxylic acids is 3. The molecule has 3 rings (SSSR count). The molecule has 1 amide bonds. The van der Waals surface area contributed by atoms with Crippen LogP contribution in [0.4, 0.5) is 5.95 Å². The maximum absolute atomic E-state index is 12.7. The van der Waals surface area contributed by atoms with Gasteiger partial charge in [0.05, 0.1) is 6.42 Å². The third kappa shape index (κ3) is 7.37. The molecule has 1 aromatic carbocycles. The number of esters is 1. The Labute approximate surface area is 201 Å². The average Bonchev–Trinajstić information content (AvgIpc) is 2.88. The number of Topliss-reactive ketones (excluding diaryl/α,β-unsaturated/α-hetero) is 1. The van der Waals surface area contributed by atoms with Crippen molar-refractivity contribution in [3.8, 4) is 0 Å². The lowest BCUT2D eigenvalue weighted by Gasteiger charge is -2.35. The van der Waals surface area contributed by atoms with E-state index in [9.17, 15) is 14.4 Å². The van der Waals surface area contributed by atoms with Gasteiger partial charge in [0.2, 0.25) is 5.95 Å². The van der Waals surface area contributed by atoms with Crippen LogP contribution in [-0.4, -0.2) is 64.8 Å². The number of aromatic nitrogens is 2. The molecule has 0 spiro atoms. The molecule has 1 unspecified atom stereocenters. The van der Waals surface area contributed by atoms with Crippen LogP contribution >= 0.6 is 0 Å². The highest BCUT2D eigenvalue weighted by Crippen LogP contribution is 2.14. The second-order valence-corrected chi connectivity index (χ2v) is 8.57. The summed E-state index contributed by atoms with van der Waals surface area (Å²) in [6.45, 7) is 5.99. The molecule has 1 aliphatic rings. The minimum absolute atomic E-state index is 0.0478. The second-order valence-electron chi connectivity index (χ2n) is 8.57. The zero-order valence-corrected chi connectivity index (χ0v) is 20.1. The summed E-state index contributed by atoms with van der Waals surface area (Å²) in [6.07, 6.45) is 7.04. The van der Waals surface area contributed by atoms with Crippen molar-refractivity contribution >= 4 is 23.6 Å². The van der Waals surface area contributed by atoms with Crippen LogP contribution < -0.4 is 4.90 Å². The fraction of sp³-hybridized carbons (Fsp3) is 0.500. The summed E-state index contributed by atoms with van der Waals surface area (Å²) in [4.78, 5) is 49.6. The highest BCUT2D eigenvalue weighted by molar-refractivity contribution is 5.97. The third-order valence-electron chi connectivity index (χ3n) is 5.98. The van der Waals surface area contributed by atoms with Gasteiger partial charge >= 0.3 is 5.97 Å². The van der Waals surface area contributed by atoms with Crippen molar-refractivity contribution in [3.05, 3.63) is 53.9 Å². The van der Waals surface area contributed by atoms with Crippen molar-refractivity contribution in [1.29, 1.82) is 0 Å². The molecule has 0 radical (unpaired) electrons. The summed E-state index contributed by atoms with van der Waals surface area (Å²) in [6, 6.07) is 9.36. The fourth-order valence-corrected chi connectivity index (χ4v) is 3.94. The van der Waals surface area contributed by atoms with E-state index in [0.29, 0.717) is 37.7 Å². The Bertz CT molecular complexity index is 941. The number of benzene rings is 1. The number of piperazine rings is 1. The summed E-state index contributed by atoms with van der Waals surface area (Å²) >= 11 is 0. The van der Waals surface area contributed by atoms with Gasteiger partial charge in [0, 0.05) is 50.6 Å². The average molecular weight is 467 g/mol. The molecule has 2 aromatic rings. The first-order chi connectivity index (χ1) is 16.5. The van der Waals surface area contributed by atoms with Crippen molar-refractivity contribution in [2.24, 2.45) is 0 Å². The van der Waals surface area contributed by atoms with Crippen molar-refractivity contribution in [1.82, 2.24) is 14.9 Å². The molecule has 0 bridgehead atoms. The van der Waals surface area contributed by atoms with Crippen LogP contribution in [0.3, 0.4) is 0 Å². The van der Waals surface area contributed by atoms with Crippen LogP contribution in [0.5, 0.6) is 0 Å². The Morgan fingerprint density at radius 2 is 1.65 bits per heavy atom. The van der Waals surface area contributed by atoms with Crippen molar-refractivity contribution in [3.63, 3.8) is 0 Å². The first-order valence-electron chi connectivity index (χ1n) is 12.1. The molecule has 8 nitrogen and oxygen atoms in total. The Kier molecular flexibility index (Phi) is 9.55. The van der Waals surface area contributed by atoms with E-state index in [1.54, 1.807) is 30.3 Å². The van der Waals surface area contributed by atoms with Crippen LogP contribution in [0.15, 0.2) is 42.7 Å². The molecule has 8 heteroatoms. The van der Waals surface area contributed by atoms with E-state index in [-0.39, 0.29) is 24.5 Å². The molecule has 0 N–H and O–H groups in total. The number of unbranched alkanes of at least 4 members (excludes halogenated alkanes) is 2. The molecule has 2 heterocycles. The van der Waals surface area contributed by atoms with Gasteiger partial charge in [-0.25, -0.2) is 9.97 Å². The molecule has 0 saturated carbocycles. The lowest BCUT2D eigenvalue weighted by molar-refractivity contribution is -0.159. The van der Waals surface area contributed by atoms with E-state index >= 15 is 0 Å². The van der Waals surface area contributed by atoms with Crippen molar-refractivity contribution < 1.29 is 19.1 Å². The van der Waals surface area contributed by atoms with Gasteiger partial charge in [-0.05, 0) is 31.4 Å². The number of aryl methyl sites for hydroxylation is 1. The first-order valence-corrected chi connectivity index (χ1v) is 12.1. The van der Waals surface area contributed by atoms with Gasteiger partial charge in [-0.1, -0.05) is 44.0 Å². The molecule has 1 fully saturated rings. The first kappa shape index (κ1) is 25.3. The number of hydrogen-bond acceptors (Lipinski definition) is 7. The van der Waals surface area contributed by atoms with E-state index in [1.807, 2.05) is 29.2 Å². The Balaban J connectivity index is 1.38. The summed E-state index contributed by atoms with van der Waals surface area (Å²) in [5.74, 6) is -0.228. The molecule has 1 aromatic heterocycles. The largest absolute Gasteiger partial charge is 0.453 e. The normalized spacial score (nSPS) is 14.5. The van der Waals surface area contributed by atoms with Crippen LogP contribution in [0.1, 0.15) is 61.9 Å². The van der Waals surface area contributed by atoms with E-state index in [2.05, 4.69) is 16.9 Å². The Morgan fingerprint density at radius 1 is 0.971 bits per heavy atom. The quantitative estimate of drug-likeness (QED) is 0.284. The van der Waals surface area contributed by atoms with Crippen molar-refractivity contribution in [2.75, 3.05) is 31.1 Å². The molecular formula is C26H34N4O4. The van der Waals surface area contributed by atoms with E-state index in [1.165, 1.54) is 18.4 Å². The molecular weight excluding hydrogens is 432 g/mol. The van der Waals surface area contributed by atoms with Crippen molar-refractivity contribution in [2.45, 2.75) is 58.5 Å². The molecule has 182 valence electrons. The predicted molar refractivity (Wildman–Crippen MR) is 130 cm³/mol. The number of ether oxygens (including phenoxy) is 1. The molecule has 1 saturated heterocycles. The van der Waals surface area contributed by atoms with Crippen LogP contribution in [0.2, 0.25) is 0 Å².